The van der Waals surface area contributed by atoms with Crippen molar-refractivity contribution in [3.05, 3.63) is 0 Å². The molecule has 0 amide bonds. The Hall–Kier alpha value is 0.634. The molecule has 0 saturated carbocycles. The van der Waals surface area contributed by atoms with Crippen LogP contribution in [0.5, 0.6) is 0 Å². The van der Waals surface area contributed by atoms with Gasteiger partial charge in [0.05, 0.1) is 6.10 Å². The van der Waals surface area contributed by atoms with E-state index < -0.39 is 0 Å². The molecule has 0 unspecified atom stereocenters. The normalized spacial score (nSPS) is 9.60. The third-order valence-electron chi connectivity index (χ3n) is 1.00. The van der Waals surface area contributed by atoms with E-state index in [1.165, 1.54) is 0 Å². The number of rotatable bonds is 5. The number of hydrogen-bond donors (Lipinski definition) is 1. The number of unbranched alkanes of at least 4 members (excludes halogenated alkanes) is 1. The van der Waals surface area contributed by atoms with E-state index in [9.17, 15) is 0 Å². The predicted octanol–water partition coefficient (Wildman–Crippen LogP) is 1.18. The van der Waals surface area contributed by atoms with Crippen molar-refractivity contribution in [3.63, 3.8) is 0 Å². The summed E-state index contributed by atoms with van der Waals surface area (Å²) in [6.45, 7) is 5.08. The SMILES string of the molecule is CC(C)OCCCCO.[Ti]. The summed E-state index contributed by atoms with van der Waals surface area (Å²) in [5.74, 6) is 0. The minimum atomic E-state index is 0. The Morgan fingerprint density at radius 3 is 2.30 bits per heavy atom. The molecule has 0 saturated heterocycles. The van der Waals surface area contributed by atoms with Crippen LogP contribution in [0.15, 0.2) is 0 Å². The van der Waals surface area contributed by atoms with Crippen molar-refractivity contribution < 1.29 is 31.6 Å². The summed E-state index contributed by atoms with van der Waals surface area (Å²) in [4.78, 5) is 0. The van der Waals surface area contributed by atoms with E-state index in [4.69, 9.17) is 9.84 Å². The topological polar surface area (TPSA) is 29.5 Å². The van der Waals surface area contributed by atoms with Gasteiger partial charge in [-0.3, -0.25) is 0 Å². The molecular weight excluding hydrogens is 164 g/mol. The monoisotopic (exact) mass is 180 g/mol. The van der Waals surface area contributed by atoms with E-state index in [1.54, 1.807) is 0 Å². The first-order valence-corrected chi connectivity index (χ1v) is 3.50. The molecule has 0 atom stereocenters. The molecule has 0 aromatic rings. The minimum Gasteiger partial charge on any atom is -0.396 e. The van der Waals surface area contributed by atoms with E-state index in [1.807, 2.05) is 13.8 Å². The van der Waals surface area contributed by atoms with Crippen LogP contribution in [-0.2, 0) is 26.5 Å². The van der Waals surface area contributed by atoms with Gasteiger partial charge in [0.1, 0.15) is 0 Å². The quantitative estimate of drug-likeness (QED) is 0.508. The summed E-state index contributed by atoms with van der Waals surface area (Å²) >= 11 is 0. The van der Waals surface area contributed by atoms with Gasteiger partial charge in [-0.15, -0.1) is 0 Å². The van der Waals surface area contributed by atoms with Gasteiger partial charge in [0, 0.05) is 34.9 Å². The smallest absolute Gasteiger partial charge is 0.0518 e. The van der Waals surface area contributed by atoms with Crippen LogP contribution in [0, 0.1) is 0 Å². The Bertz CT molecular complexity index is 57.6. The molecule has 0 aliphatic heterocycles. The summed E-state index contributed by atoms with van der Waals surface area (Å²) in [7, 11) is 0. The Balaban J connectivity index is 0. The third kappa shape index (κ3) is 11.4. The van der Waals surface area contributed by atoms with Crippen molar-refractivity contribution in [2.45, 2.75) is 32.8 Å². The van der Waals surface area contributed by atoms with Gasteiger partial charge in [-0.05, 0) is 26.7 Å². The van der Waals surface area contributed by atoms with E-state index in [0.717, 1.165) is 19.4 Å². The fourth-order valence-corrected chi connectivity index (χ4v) is 0.533. The number of ether oxygens (including phenoxy) is 1. The molecule has 3 heteroatoms. The van der Waals surface area contributed by atoms with Crippen LogP contribution in [0.3, 0.4) is 0 Å². The van der Waals surface area contributed by atoms with Crippen molar-refractivity contribution in [1.82, 2.24) is 0 Å². The molecular formula is C7H16O2Ti. The molecule has 0 spiro atoms. The summed E-state index contributed by atoms with van der Waals surface area (Å²) < 4.78 is 5.23. The van der Waals surface area contributed by atoms with Crippen LogP contribution < -0.4 is 0 Å². The van der Waals surface area contributed by atoms with Gasteiger partial charge < -0.3 is 9.84 Å². The molecule has 0 aliphatic rings. The molecule has 0 aromatic heterocycles. The Labute approximate surface area is 77.8 Å². The molecule has 0 aliphatic carbocycles. The summed E-state index contributed by atoms with van der Waals surface area (Å²) in [5.41, 5.74) is 0. The zero-order chi connectivity index (χ0) is 7.11. The van der Waals surface area contributed by atoms with Gasteiger partial charge in [-0.2, -0.15) is 0 Å². The van der Waals surface area contributed by atoms with Crippen LogP contribution in [0.2, 0.25) is 0 Å². The van der Waals surface area contributed by atoms with Crippen molar-refractivity contribution in [1.29, 1.82) is 0 Å². The van der Waals surface area contributed by atoms with Crippen LogP contribution in [-0.4, -0.2) is 24.4 Å². The second-order valence-corrected chi connectivity index (χ2v) is 2.35. The average molecular weight is 180 g/mol. The maximum absolute atomic E-state index is 8.38. The number of aliphatic hydroxyl groups excluding tert-OH is 1. The van der Waals surface area contributed by atoms with Crippen molar-refractivity contribution in [2.24, 2.45) is 0 Å². The summed E-state index contributed by atoms with van der Waals surface area (Å²) in [6.07, 6.45) is 2.14. The fourth-order valence-electron chi connectivity index (χ4n) is 0.533. The standard InChI is InChI=1S/C7H16O2.Ti/c1-7(2)9-6-4-3-5-8;/h7-8H,3-6H2,1-2H3;. The molecule has 0 rings (SSSR count). The predicted molar refractivity (Wildman–Crippen MR) is 37.4 cm³/mol. The maximum atomic E-state index is 8.38. The van der Waals surface area contributed by atoms with Gasteiger partial charge in [0.2, 0.25) is 0 Å². The second kappa shape index (κ2) is 9.63. The molecule has 0 heterocycles. The Morgan fingerprint density at radius 1 is 1.30 bits per heavy atom. The molecule has 2 nitrogen and oxygen atoms in total. The molecule has 60 valence electrons. The van der Waals surface area contributed by atoms with Crippen molar-refractivity contribution in [2.75, 3.05) is 13.2 Å². The van der Waals surface area contributed by atoms with Gasteiger partial charge in [0.15, 0.2) is 0 Å². The first kappa shape index (κ1) is 13.2. The van der Waals surface area contributed by atoms with Crippen molar-refractivity contribution in [3.8, 4) is 0 Å². The van der Waals surface area contributed by atoms with E-state index in [0.29, 0.717) is 6.10 Å². The summed E-state index contributed by atoms with van der Waals surface area (Å²) in [5, 5.41) is 8.38. The third-order valence-corrected chi connectivity index (χ3v) is 1.00. The minimum absolute atomic E-state index is 0. The number of aliphatic hydroxyl groups is 1. The molecule has 0 fully saturated rings. The van der Waals surface area contributed by atoms with Crippen LogP contribution >= 0.6 is 0 Å². The molecule has 1 N–H and O–H groups in total. The van der Waals surface area contributed by atoms with E-state index in [2.05, 4.69) is 0 Å². The van der Waals surface area contributed by atoms with Crippen LogP contribution in [0.25, 0.3) is 0 Å². The maximum Gasteiger partial charge on any atom is 0.0518 e. The fraction of sp³-hybridized carbons (Fsp3) is 1.00. The Morgan fingerprint density at radius 2 is 1.90 bits per heavy atom. The van der Waals surface area contributed by atoms with E-state index >= 15 is 0 Å². The molecule has 10 heavy (non-hydrogen) atoms. The number of hydrogen-bond acceptors (Lipinski definition) is 2. The van der Waals surface area contributed by atoms with Gasteiger partial charge in [-0.1, -0.05) is 0 Å². The van der Waals surface area contributed by atoms with Crippen molar-refractivity contribution >= 4 is 0 Å². The zero-order valence-electron chi connectivity index (χ0n) is 6.76. The first-order valence-electron chi connectivity index (χ1n) is 3.50. The first-order chi connectivity index (χ1) is 4.27. The molecule has 0 bridgehead atoms. The second-order valence-electron chi connectivity index (χ2n) is 2.35. The average Bonchev–Trinajstić information content (AvgIpc) is 1.80. The van der Waals surface area contributed by atoms with Gasteiger partial charge in [-0.25, -0.2) is 0 Å². The largest absolute Gasteiger partial charge is 0.396 e. The van der Waals surface area contributed by atoms with E-state index in [-0.39, 0.29) is 28.3 Å². The molecule has 0 aromatic carbocycles. The Kier molecular flexibility index (Phi) is 12.8. The van der Waals surface area contributed by atoms with Crippen LogP contribution in [0.1, 0.15) is 26.7 Å². The van der Waals surface area contributed by atoms with Gasteiger partial charge in [0.25, 0.3) is 0 Å². The zero-order valence-corrected chi connectivity index (χ0v) is 8.32. The van der Waals surface area contributed by atoms with Gasteiger partial charge >= 0.3 is 0 Å². The summed E-state index contributed by atoms with van der Waals surface area (Å²) in [6, 6.07) is 0. The van der Waals surface area contributed by atoms with Crippen LogP contribution in [0.4, 0.5) is 0 Å². The molecule has 0 radical (unpaired) electrons.